The van der Waals surface area contributed by atoms with E-state index in [2.05, 4.69) is 15.6 Å². The smallest absolute Gasteiger partial charge is 0.316 e. The Balaban J connectivity index is 2.04. The van der Waals surface area contributed by atoms with Crippen LogP contribution in [0.2, 0.25) is 0 Å². The average Bonchev–Trinajstić information content (AvgIpc) is 2.75. The Bertz CT molecular complexity index is 309. The lowest BCUT2D eigenvalue weighted by Crippen LogP contribution is -2.29. The minimum absolute atomic E-state index is 0.00343. The van der Waals surface area contributed by atoms with Crippen molar-refractivity contribution in [1.29, 1.82) is 0 Å². The standard InChI is InChI=1S/C9H13N3O3/c13-4-5-2-1-3-6(5)10-9-11-7(14)8(15)12-9/h5-6,13H,1-4H2,(H2,10,11,12,14,15). The molecule has 0 aromatic carbocycles. The molecule has 2 atom stereocenters. The first-order valence-corrected chi connectivity index (χ1v) is 5.01. The molecule has 2 aliphatic rings. The molecule has 2 unspecified atom stereocenters. The minimum atomic E-state index is -0.674. The zero-order valence-electron chi connectivity index (χ0n) is 8.19. The number of hydrogen-bond acceptors (Lipinski definition) is 4. The maximum atomic E-state index is 10.9. The van der Waals surface area contributed by atoms with Crippen LogP contribution in [0.1, 0.15) is 19.3 Å². The third-order valence-corrected chi connectivity index (χ3v) is 2.82. The van der Waals surface area contributed by atoms with Crippen molar-refractivity contribution in [3.05, 3.63) is 0 Å². The molecule has 1 saturated heterocycles. The fourth-order valence-electron chi connectivity index (χ4n) is 1.99. The Labute approximate surface area is 86.8 Å². The van der Waals surface area contributed by atoms with Crippen LogP contribution in [0.25, 0.3) is 0 Å². The summed E-state index contributed by atoms with van der Waals surface area (Å²) in [6.45, 7) is 0.101. The number of carbonyl (C=O) groups excluding carboxylic acids is 2. The highest BCUT2D eigenvalue weighted by Crippen LogP contribution is 2.27. The van der Waals surface area contributed by atoms with E-state index < -0.39 is 11.8 Å². The molecule has 0 aromatic rings. The van der Waals surface area contributed by atoms with Crippen LogP contribution >= 0.6 is 0 Å². The van der Waals surface area contributed by atoms with Gasteiger partial charge in [0, 0.05) is 12.5 Å². The monoisotopic (exact) mass is 211 g/mol. The topological polar surface area (TPSA) is 90.8 Å². The molecule has 0 radical (unpaired) electrons. The second-order valence-electron chi connectivity index (χ2n) is 3.83. The summed E-state index contributed by atoms with van der Waals surface area (Å²) >= 11 is 0. The average molecular weight is 211 g/mol. The number of amides is 2. The fraction of sp³-hybridized carbons (Fsp3) is 0.667. The van der Waals surface area contributed by atoms with E-state index in [0.717, 1.165) is 19.3 Å². The molecule has 1 heterocycles. The van der Waals surface area contributed by atoms with Gasteiger partial charge in [0.15, 0.2) is 0 Å². The summed E-state index contributed by atoms with van der Waals surface area (Å²) in [5.74, 6) is -0.984. The molecule has 6 nitrogen and oxygen atoms in total. The molecular weight excluding hydrogens is 198 g/mol. The Hall–Kier alpha value is -1.43. The SMILES string of the molecule is O=C1NC(=NC2CCCC2CO)NC1=O. The van der Waals surface area contributed by atoms with Crippen molar-refractivity contribution in [2.24, 2.45) is 10.9 Å². The van der Waals surface area contributed by atoms with Crippen LogP contribution in [-0.2, 0) is 9.59 Å². The number of rotatable bonds is 2. The predicted octanol–water partition coefficient (Wildman–Crippen LogP) is -1.25. The summed E-state index contributed by atoms with van der Waals surface area (Å²) in [6.07, 6.45) is 2.86. The number of nitrogens with one attached hydrogen (secondary N) is 2. The summed E-state index contributed by atoms with van der Waals surface area (Å²) < 4.78 is 0. The lowest BCUT2D eigenvalue weighted by Gasteiger charge is -2.12. The van der Waals surface area contributed by atoms with E-state index in [9.17, 15) is 9.59 Å². The van der Waals surface area contributed by atoms with Crippen molar-refractivity contribution in [1.82, 2.24) is 10.6 Å². The largest absolute Gasteiger partial charge is 0.396 e. The van der Waals surface area contributed by atoms with E-state index in [1.807, 2.05) is 0 Å². The Kier molecular flexibility index (Phi) is 2.68. The molecule has 1 aliphatic carbocycles. The second kappa shape index (κ2) is 3.98. The van der Waals surface area contributed by atoms with Crippen LogP contribution in [0.15, 0.2) is 4.99 Å². The summed E-state index contributed by atoms with van der Waals surface area (Å²) in [5.41, 5.74) is 0. The first-order valence-electron chi connectivity index (χ1n) is 5.01. The zero-order valence-corrected chi connectivity index (χ0v) is 8.19. The van der Waals surface area contributed by atoms with E-state index in [1.165, 1.54) is 0 Å². The van der Waals surface area contributed by atoms with Gasteiger partial charge in [0.05, 0.1) is 6.04 Å². The van der Waals surface area contributed by atoms with Gasteiger partial charge in [-0.15, -0.1) is 0 Å². The van der Waals surface area contributed by atoms with Crippen molar-refractivity contribution < 1.29 is 14.7 Å². The lowest BCUT2D eigenvalue weighted by molar-refractivity contribution is -0.135. The summed E-state index contributed by atoms with van der Waals surface area (Å²) in [5, 5.41) is 13.8. The molecule has 0 spiro atoms. The van der Waals surface area contributed by atoms with E-state index >= 15 is 0 Å². The maximum Gasteiger partial charge on any atom is 0.316 e. The quantitative estimate of drug-likeness (QED) is 0.498. The van der Waals surface area contributed by atoms with Crippen molar-refractivity contribution in [2.75, 3.05) is 6.61 Å². The summed E-state index contributed by atoms with van der Waals surface area (Å²) in [7, 11) is 0. The van der Waals surface area contributed by atoms with E-state index in [0.29, 0.717) is 0 Å². The first-order chi connectivity index (χ1) is 7.20. The summed E-state index contributed by atoms with van der Waals surface area (Å²) in [4.78, 5) is 25.9. The molecule has 2 amide bonds. The number of guanidine groups is 1. The molecule has 1 aliphatic heterocycles. The van der Waals surface area contributed by atoms with Crippen LogP contribution < -0.4 is 10.6 Å². The maximum absolute atomic E-state index is 10.9. The van der Waals surface area contributed by atoms with Crippen LogP contribution in [0.3, 0.4) is 0 Å². The molecule has 2 fully saturated rings. The molecular formula is C9H13N3O3. The number of aliphatic hydroxyl groups is 1. The molecule has 82 valence electrons. The number of hydrogen-bond donors (Lipinski definition) is 3. The Morgan fingerprint density at radius 2 is 1.93 bits per heavy atom. The Morgan fingerprint density at radius 3 is 2.53 bits per heavy atom. The van der Waals surface area contributed by atoms with Crippen LogP contribution in [0.5, 0.6) is 0 Å². The fourth-order valence-corrected chi connectivity index (χ4v) is 1.99. The normalized spacial score (nSPS) is 30.3. The molecule has 1 saturated carbocycles. The van der Waals surface area contributed by atoms with Gasteiger partial charge in [-0.05, 0) is 12.8 Å². The second-order valence-corrected chi connectivity index (χ2v) is 3.83. The van der Waals surface area contributed by atoms with Crippen molar-refractivity contribution in [3.63, 3.8) is 0 Å². The van der Waals surface area contributed by atoms with Crippen LogP contribution in [0.4, 0.5) is 0 Å². The Morgan fingerprint density at radius 1 is 1.27 bits per heavy atom. The van der Waals surface area contributed by atoms with E-state index in [1.54, 1.807) is 0 Å². The van der Waals surface area contributed by atoms with Gasteiger partial charge in [0.2, 0.25) is 5.96 Å². The van der Waals surface area contributed by atoms with Crippen molar-refractivity contribution in [2.45, 2.75) is 25.3 Å². The van der Waals surface area contributed by atoms with Crippen molar-refractivity contribution in [3.8, 4) is 0 Å². The van der Waals surface area contributed by atoms with E-state index in [4.69, 9.17) is 5.11 Å². The van der Waals surface area contributed by atoms with Gasteiger partial charge in [-0.2, -0.15) is 0 Å². The third-order valence-electron chi connectivity index (χ3n) is 2.82. The molecule has 0 aromatic heterocycles. The molecule has 15 heavy (non-hydrogen) atoms. The molecule has 3 N–H and O–H groups in total. The van der Waals surface area contributed by atoms with Gasteiger partial charge in [-0.25, -0.2) is 4.99 Å². The van der Waals surface area contributed by atoms with E-state index in [-0.39, 0.29) is 24.5 Å². The molecule has 2 rings (SSSR count). The summed E-state index contributed by atoms with van der Waals surface area (Å²) in [6, 6.07) is 0.00343. The molecule has 6 heteroatoms. The van der Waals surface area contributed by atoms with Gasteiger partial charge < -0.3 is 5.11 Å². The van der Waals surface area contributed by atoms with Gasteiger partial charge >= 0.3 is 11.8 Å². The molecule has 0 bridgehead atoms. The van der Waals surface area contributed by atoms with Gasteiger partial charge in [-0.3, -0.25) is 20.2 Å². The highest BCUT2D eigenvalue weighted by Gasteiger charge is 2.30. The lowest BCUT2D eigenvalue weighted by atomic mass is 10.1. The number of nitrogens with zero attached hydrogens (tertiary/aromatic N) is 1. The number of aliphatic hydroxyl groups excluding tert-OH is 1. The van der Waals surface area contributed by atoms with Gasteiger partial charge in [-0.1, -0.05) is 6.42 Å². The van der Waals surface area contributed by atoms with Crippen molar-refractivity contribution >= 4 is 17.8 Å². The third kappa shape index (κ3) is 1.99. The number of aliphatic imine (C=N–C) groups is 1. The zero-order chi connectivity index (χ0) is 10.8. The minimum Gasteiger partial charge on any atom is -0.396 e. The predicted molar refractivity (Wildman–Crippen MR) is 51.9 cm³/mol. The first kappa shape index (κ1) is 10.1. The van der Waals surface area contributed by atoms with Gasteiger partial charge in [0.1, 0.15) is 0 Å². The van der Waals surface area contributed by atoms with Crippen LogP contribution in [-0.4, -0.2) is 35.5 Å². The highest BCUT2D eigenvalue weighted by molar-refractivity contribution is 6.45. The van der Waals surface area contributed by atoms with Gasteiger partial charge in [0.25, 0.3) is 0 Å². The highest BCUT2D eigenvalue weighted by atomic mass is 16.3. The number of carbonyl (C=O) groups is 2. The van der Waals surface area contributed by atoms with Crippen LogP contribution in [0, 0.1) is 5.92 Å².